The second-order valence-corrected chi connectivity index (χ2v) is 6.80. The molecule has 1 aromatic carbocycles. The van der Waals surface area contributed by atoms with Gasteiger partial charge < -0.3 is 15.0 Å². The zero-order valence-corrected chi connectivity index (χ0v) is 13.9. The Kier molecular flexibility index (Phi) is 5.92. The summed E-state index contributed by atoms with van der Waals surface area (Å²) in [5, 5.41) is 3.65. The van der Waals surface area contributed by atoms with Crippen molar-refractivity contribution in [2.24, 2.45) is 5.92 Å². The van der Waals surface area contributed by atoms with Crippen LogP contribution in [0.3, 0.4) is 0 Å². The highest BCUT2D eigenvalue weighted by atomic mass is 16.5. The van der Waals surface area contributed by atoms with Gasteiger partial charge in [-0.15, -0.1) is 0 Å². The standard InChI is InChI=1S/C18H30N2O/c1-14(2)13-20-11-9-17(10-12-20)19-16-5-7-18(8-6-16)21-15(3)4/h5-8,14-15,17,19H,9-13H2,1-4H3. The molecule has 0 atom stereocenters. The minimum atomic E-state index is 0.231. The molecular weight excluding hydrogens is 260 g/mol. The Bertz CT molecular complexity index is 406. The monoisotopic (exact) mass is 290 g/mol. The van der Waals surface area contributed by atoms with Crippen LogP contribution in [-0.2, 0) is 0 Å². The minimum absolute atomic E-state index is 0.231. The van der Waals surface area contributed by atoms with Crippen LogP contribution >= 0.6 is 0 Å². The van der Waals surface area contributed by atoms with Crippen LogP contribution in [0.4, 0.5) is 5.69 Å². The van der Waals surface area contributed by atoms with Crippen molar-refractivity contribution < 1.29 is 4.74 Å². The average molecular weight is 290 g/mol. The third kappa shape index (κ3) is 5.58. The average Bonchev–Trinajstić information content (AvgIpc) is 2.42. The summed E-state index contributed by atoms with van der Waals surface area (Å²) in [4.78, 5) is 2.59. The van der Waals surface area contributed by atoms with Crippen LogP contribution in [0.25, 0.3) is 0 Å². The van der Waals surface area contributed by atoms with Gasteiger partial charge in [0, 0.05) is 31.4 Å². The van der Waals surface area contributed by atoms with Crippen LogP contribution < -0.4 is 10.1 Å². The molecule has 0 unspecified atom stereocenters. The number of hydrogen-bond donors (Lipinski definition) is 1. The highest BCUT2D eigenvalue weighted by Crippen LogP contribution is 2.20. The number of likely N-dealkylation sites (tertiary alicyclic amines) is 1. The van der Waals surface area contributed by atoms with E-state index < -0.39 is 0 Å². The second kappa shape index (κ2) is 7.69. The predicted octanol–water partition coefficient (Wildman–Crippen LogP) is 4.01. The molecule has 0 spiro atoms. The molecule has 1 heterocycles. The Hall–Kier alpha value is -1.22. The van der Waals surface area contributed by atoms with Crippen molar-refractivity contribution in [1.29, 1.82) is 0 Å². The molecule has 0 aliphatic carbocycles. The van der Waals surface area contributed by atoms with E-state index >= 15 is 0 Å². The lowest BCUT2D eigenvalue weighted by Crippen LogP contribution is -2.40. The van der Waals surface area contributed by atoms with Gasteiger partial charge in [-0.2, -0.15) is 0 Å². The van der Waals surface area contributed by atoms with Crippen molar-refractivity contribution >= 4 is 5.69 Å². The molecule has 3 heteroatoms. The van der Waals surface area contributed by atoms with E-state index in [0.717, 1.165) is 11.7 Å². The molecule has 0 amide bonds. The topological polar surface area (TPSA) is 24.5 Å². The van der Waals surface area contributed by atoms with Crippen LogP contribution in [0.2, 0.25) is 0 Å². The molecule has 0 radical (unpaired) electrons. The first kappa shape index (κ1) is 16.2. The quantitative estimate of drug-likeness (QED) is 0.857. The lowest BCUT2D eigenvalue weighted by atomic mass is 10.0. The summed E-state index contributed by atoms with van der Waals surface area (Å²) in [6.07, 6.45) is 2.70. The van der Waals surface area contributed by atoms with Crippen molar-refractivity contribution in [3.8, 4) is 5.75 Å². The largest absolute Gasteiger partial charge is 0.491 e. The molecule has 3 nitrogen and oxygen atoms in total. The SMILES string of the molecule is CC(C)CN1CCC(Nc2ccc(OC(C)C)cc2)CC1. The molecule has 0 aromatic heterocycles. The van der Waals surface area contributed by atoms with E-state index in [0.29, 0.717) is 6.04 Å². The number of benzene rings is 1. The van der Waals surface area contributed by atoms with E-state index in [-0.39, 0.29) is 6.10 Å². The van der Waals surface area contributed by atoms with Crippen LogP contribution in [0.15, 0.2) is 24.3 Å². The number of rotatable bonds is 6. The van der Waals surface area contributed by atoms with E-state index in [1.54, 1.807) is 0 Å². The van der Waals surface area contributed by atoms with Gasteiger partial charge in [-0.1, -0.05) is 13.8 Å². The summed E-state index contributed by atoms with van der Waals surface area (Å²) in [6.45, 7) is 12.4. The summed E-state index contributed by atoms with van der Waals surface area (Å²) < 4.78 is 5.68. The highest BCUT2D eigenvalue weighted by Gasteiger charge is 2.19. The fourth-order valence-corrected chi connectivity index (χ4v) is 2.91. The molecule has 1 aliphatic rings. The van der Waals surface area contributed by atoms with Crippen molar-refractivity contribution in [3.05, 3.63) is 24.3 Å². The van der Waals surface area contributed by atoms with Gasteiger partial charge in [-0.05, 0) is 56.9 Å². The fraction of sp³-hybridized carbons (Fsp3) is 0.667. The normalized spacial score (nSPS) is 17.4. The molecule has 1 fully saturated rings. The molecule has 2 rings (SSSR count). The maximum absolute atomic E-state index is 5.68. The van der Waals surface area contributed by atoms with E-state index in [1.807, 2.05) is 0 Å². The van der Waals surface area contributed by atoms with Gasteiger partial charge in [0.15, 0.2) is 0 Å². The minimum Gasteiger partial charge on any atom is -0.491 e. The van der Waals surface area contributed by atoms with Gasteiger partial charge in [-0.3, -0.25) is 0 Å². The summed E-state index contributed by atoms with van der Waals surface area (Å²) in [7, 11) is 0. The van der Waals surface area contributed by atoms with Crippen LogP contribution in [-0.4, -0.2) is 36.7 Å². The summed E-state index contributed by atoms with van der Waals surface area (Å²) in [6, 6.07) is 8.95. The first-order valence-electron chi connectivity index (χ1n) is 8.28. The van der Waals surface area contributed by atoms with Crippen molar-refractivity contribution in [2.75, 3.05) is 25.0 Å². The lowest BCUT2D eigenvalue weighted by Gasteiger charge is -2.33. The van der Waals surface area contributed by atoms with Crippen molar-refractivity contribution in [3.63, 3.8) is 0 Å². The molecule has 0 saturated carbocycles. The van der Waals surface area contributed by atoms with Crippen molar-refractivity contribution in [1.82, 2.24) is 4.90 Å². The second-order valence-electron chi connectivity index (χ2n) is 6.80. The molecule has 1 aromatic rings. The van der Waals surface area contributed by atoms with Gasteiger partial charge in [0.2, 0.25) is 0 Å². The van der Waals surface area contributed by atoms with Gasteiger partial charge in [0.1, 0.15) is 5.75 Å². The van der Waals surface area contributed by atoms with Gasteiger partial charge >= 0.3 is 0 Å². The Morgan fingerprint density at radius 1 is 1.10 bits per heavy atom. The number of hydrogen-bond acceptors (Lipinski definition) is 3. The molecule has 1 aliphatic heterocycles. The number of nitrogens with one attached hydrogen (secondary N) is 1. The lowest BCUT2D eigenvalue weighted by molar-refractivity contribution is 0.198. The predicted molar refractivity (Wildman–Crippen MR) is 90.1 cm³/mol. The zero-order valence-electron chi connectivity index (χ0n) is 13.9. The van der Waals surface area contributed by atoms with Gasteiger partial charge in [0.25, 0.3) is 0 Å². The van der Waals surface area contributed by atoms with Gasteiger partial charge in [0.05, 0.1) is 6.10 Å². The molecule has 1 N–H and O–H groups in total. The molecule has 1 saturated heterocycles. The number of piperidine rings is 1. The third-order valence-corrected chi connectivity index (χ3v) is 3.81. The first-order valence-corrected chi connectivity index (χ1v) is 8.28. The maximum atomic E-state index is 5.68. The highest BCUT2D eigenvalue weighted by molar-refractivity contribution is 5.47. The zero-order chi connectivity index (χ0) is 15.2. The summed E-state index contributed by atoms with van der Waals surface area (Å²) in [5.41, 5.74) is 1.20. The Labute approximate surface area is 129 Å². The smallest absolute Gasteiger partial charge is 0.119 e. The number of ether oxygens (including phenoxy) is 1. The Morgan fingerprint density at radius 3 is 2.24 bits per heavy atom. The Balaban J connectivity index is 1.78. The van der Waals surface area contributed by atoms with Crippen molar-refractivity contribution in [2.45, 2.75) is 52.7 Å². The number of anilines is 1. The van der Waals surface area contributed by atoms with Crippen LogP contribution in [0.5, 0.6) is 5.75 Å². The van der Waals surface area contributed by atoms with E-state index in [4.69, 9.17) is 4.74 Å². The third-order valence-electron chi connectivity index (χ3n) is 3.81. The number of nitrogens with zero attached hydrogens (tertiary/aromatic N) is 1. The molecule has 0 bridgehead atoms. The van der Waals surface area contributed by atoms with E-state index in [9.17, 15) is 0 Å². The Morgan fingerprint density at radius 2 is 1.71 bits per heavy atom. The van der Waals surface area contributed by atoms with Crippen LogP contribution in [0, 0.1) is 5.92 Å². The summed E-state index contributed by atoms with van der Waals surface area (Å²) >= 11 is 0. The summed E-state index contributed by atoms with van der Waals surface area (Å²) in [5.74, 6) is 1.71. The fourth-order valence-electron chi connectivity index (χ4n) is 2.91. The maximum Gasteiger partial charge on any atom is 0.119 e. The van der Waals surface area contributed by atoms with Crippen LogP contribution in [0.1, 0.15) is 40.5 Å². The molecule has 21 heavy (non-hydrogen) atoms. The molecular formula is C18H30N2O. The van der Waals surface area contributed by atoms with Gasteiger partial charge in [-0.25, -0.2) is 0 Å². The molecule has 118 valence electrons. The van der Waals surface area contributed by atoms with E-state index in [2.05, 4.69) is 62.2 Å². The first-order chi connectivity index (χ1) is 10.0. The van der Waals surface area contributed by atoms with E-state index in [1.165, 1.54) is 38.2 Å².